The van der Waals surface area contributed by atoms with E-state index in [0.717, 1.165) is 17.2 Å². The first-order valence-corrected chi connectivity index (χ1v) is 8.73. The lowest BCUT2D eigenvalue weighted by Gasteiger charge is -2.10. The lowest BCUT2D eigenvalue weighted by atomic mass is 10.1. The maximum absolute atomic E-state index is 13.2. The summed E-state index contributed by atoms with van der Waals surface area (Å²) in [7, 11) is -3.67. The third-order valence-electron chi connectivity index (χ3n) is 3.30. The fraction of sp³-hybridized carbons (Fsp3) is 0.294. The second kappa shape index (κ2) is 7.10. The Labute approximate surface area is 136 Å². The molecule has 0 heterocycles. The van der Waals surface area contributed by atoms with Crippen LogP contribution < -0.4 is 9.46 Å². The molecule has 0 amide bonds. The second-order valence-electron chi connectivity index (χ2n) is 5.48. The Morgan fingerprint density at radius 1 is 1.04 bits per heavy atom. The molecule has 2 aromatic carbocycles. The highest BCUT2D eigenvalue weighted by Crippen LogP contribution is 2.16. The second-order valence-corrected chi connectivity index (χ2v) is 7.25. The molecule has 0 spiro atoms. The minimum atomic E-state index is -3.67. The zero-order valence-electron chi connectivity index (χ0n) is 13.4. The van der Waals surface area contributed by atoms with Gasteiger partial charge in [-0.1, -0.05) is 6.07 Å². The van der Waals surface area contributed by atoms with Gasteiger partial charge in [0, 0.05) is 6.54 Å². The van der Waals surface area contributed by atoms with E-state index in [-0.39, 0.29) is 18.0 Å². The SMILES string of the molecule is Cc1cc(C)cc(OCCNS(=O)(=O)c2ccc(F)c(C)c2)c1. The summed E-state index contributed by atoms with van der Waals surface area (Å²) in [5, 5.41) is 0. The van der Waals surface area contributed by atoms with Gasteiger partial charge in [0.05, 0.1) is 4.90 Å². The van der Waals surface area contributed by atoms with Crippen molar-refractivity contribution in [3.05, 3.63) is 58.9 Å². The number of benzene rings is 2. The van der Waals surface area contributed by atoms with Gasteiger partial charge in [-0.25, -0.2) is 17.5 Å². The molecule has 0 atom stereocenters. The molecule has 2 aromatic rings. The number of hydrogen-bond acceptors (Lipinski definition) is 3. The molecule has 4 nitrogen and oxygen atoms in total. The molecule has 0 aliphatic heterocycles. The zero-order chi connectivity index (χ0) is 17.0. The van der Waals surface area contributed by atoms with Crippen molar-refractivity contribution in [3.63, 3.8) is 0 Å². The molecule has 0 bridgehead atoms. The van der Waals surface area contributed by atoms with Crippen LogP contribution in [0.3, 0.4) is 0 Å². The molecule has 0 fully saturated rings. The van der Waals surface area contributed by atoms with Gasteiger partial charge in [-0.05, 0) is 67.8 Å². The highest BCUT2D eigenvalue weighted by Gasteiger charge is 2.14. The normalized spacial score (nSPS) is 11.5. The first-order valence-electron chi connectivity index (χ1n) is 7.25. The standard InChI is InChI=1S/C17H20FNO3S/c1-12-8-13(2)10-15(9-12)22-7-6-19-23(20,21)16-4-5-17(18)14(3)11-16/h4-5,8-11,19H,6-7H2,1-3H3. The summed E-state index contributed by atoms with van der Waals surface area (Å²) in [6.45, 7) is 5.81. The van der Waals surface area contributed by atoms with Gasteiger partial charge in [0.1, 0.15) is 18.2 Å². The Hall–Kier alpha value is -1.92. The van der Waals surface area contributed by atoms with Crippen molar-refractivity contribution in [1.29, 1.82) is 0 Å². The molecule has 0 aromatic heterocycles. The van der Waals surface area contributed by atoms with Crippen LogP contribution in [0.1, 0.15) is 16.7 Å². The van der Waals surface area contributed by atoms with E-state index in [0.29, 0.717) is 11.3 Å². The van der Waals surface area contributed by atoms with Crippen LogP contribution >= 0.6 is 0 Å². The average Bonchev–Trinajstić information content (AvgIpc) is 2.45. The van der Waals surface area contributed by atoms with E-state index in [1.54, 1.807) is 0 Å². The van der Waals surface area contributed by atoms with Crippen molar-refractivity contribution in [1.82, 2.24) is 4.72 Å². The molecule has 2 rings (SSSR count). The number of rotatable bonds is 6. The average molecular weight is 337 g/mol. The molecule has 124 valence electrons. The quantitative estimate of drug-likeness (QED) is 0.824. The summed E-state index contributed by atoms with van der Waals surface area (Å²) >= 11 is 0. The Balaban J connectivity index is 1.93. The fourth-order valence-electron chi connectivity index (χ4n) is 2.23. The van der Waals surface area contributed by atoms with Crippen LogP contribution in [-0.4, -0.2) is 21.6 Å². The number of sulfonamides is 1. The third kappa shape index (κ3) is 4.77. The van der Waals surface area contributed by atoms with Crippen molar-refractivity contribution in [2.45, 2.75) is 25.7 Å². The molecule has 0 saturated heterocycles. The summed E-state index contributed by atoms with van der Waals surface area (Å²) in [4.78, 5) is 0.0443. The van der Waals surface area contributed by atoms with Gasteiger partial charge in [-0.15, -0.1) is 0 Å². The van der Waals surface area contributed by atoms with Gasteiger partial charge in [-0.2, -0.15) is 0 Å². The van der Waals surface area contributed by atoms with Crippen LogP contribution in [0.2, 0.25) is 0 Å². The van der Waals surface area contributed by atoms with Gasteiger partial charge in [0.25, 0.3) is 0 Å². The molecule has 0 unspecified atom stereocenters. The molecular weight excluding hydrogens is 317 g/mol. The van der Waals surface area contributed by atoms with Crippen LogP contribution in [0.5, 0.6) is 5.75 Å². The predicted molar refractivity (Wildman–Crippen MR) is 87.7 cm³/mol. The molecule has 0 aliphatic carbocycles. The van der Waals surface area contributed by atoms with E-state index >= 15 is 0 Å². The van der Waals surface area contributed by atoms with E-state index in [1.165, 1.54) is 19.1 Å². The highest BCUT2D eigenvalue weighted by molar-refractivity contribution is 7.89. The Morgan fingerprint density at radius 2 is 1.70 bits per heavy atom. The maximum Gasteiger partial charge on any atom is 0.240 e. The van der Waals surface area contributed by atoms with E-state index in [1.807, 2.05) is 32.0 Å². The first kappa shape index (κ1) is 17.4. The number of halogens is 1. The predicted octanol–water partition coefficient (Wildman–Crippen LogP) is 3.11. The van der Waals surface area contributed by atoms with E-state index in [9.17, 15) is 12.8 Å². The molecular formula is C17H20FNO3S. The van der Waals surface area contributed by atoms with Crippen molar-refractivity contribution in [3.8, 4) is 5.75 Å². The summed E-state index contributed by atoms with van der Waals surface area (Å²) in [5.74, 6) is 0.279. The largest absolute Gasteiger partial charge is 0.492 e. The van der Waals surface area contributed by atoms with Gasteiger partial charge in [-0.3, -0.25) is 0 Å². The lowest BCUT2D eigenvalue weighted by Crippen LogP contribution is -2.28. The van der Waals surface area contributed by atoms with Crippen molar-refractivity contribution in [2.24, 2.45) is 0 Å². The molecule has 0 radical (unpaired) electrons. The van der Waals surface area contributed by atoms with Gasteiger partial charge in [0.15, 0.2) is 0 Å². The number of hydrogen-bond donors (Lipinski definition) is 1. The summed E-state index contributed by atoms with van der Waals surface area (Å²) < 4.78 is 45.5. The third-order valence-corrected chi connectivity index (χ3v) is 4.76. The number of nitrogens with one attached hydrogen (secondary N) is 1. The van der Waals surface area contributed by atoms with Crippen molar-refractivity contribution >= 4 is 10.0 Å². The lowest BCUT2D eigenvalue weighted by molar-refractivity contribution is 0.322. The Bertz CT molecular complexity index is 783. The molecule has 23 heavy (non-hydrogen) atoms. The number of ether oxygens (including phenoxy) is 1. The van der Waals surface area contributed by atoms with Crippen LogP contribution in [0.25, 0.3) is 0 Å². The van der Waals surface area contributed by atoms with E-state index < -0.39 is 15.8 Å². The summed E-state index contributed by atoms with van der Waals surface area (Å²) in [6.07, 6.45) is 0. The maximum atomic E-state index is 13.2. The highest BCUT2D eigenvalue weighted by atomic mass is 32.2. The minimum absolute atomic E-state index is 0.0443. The topological polar surface area (TPSA) is 55.4 Å². The van der Waals surface area contributed by atoms with Crippen LogP contribution in [-0.2, 0) is 10.0 Å². The van der Waals surface area contributed by atoms with Crippen molar-refractivity contribution in [2.75, 3.05) is 13.2 Å². The fourth-order valence-corrected chi connectivity index (χ4v) is 3.33. The summed E-state index contributed by atoms with van der Waals surface area (Å²) in [5.41, 5.74) is 2.46. The molecule has 0 saturated carbocycles. The Kier molecular flexibility index (Phi) is 5.38. The van der Waals surface area contributed by atoms with Crippen LogP contribution in [0.4, 0.5) is 4.39 Å². The monoisotopic (exact) mass is 337 g/mol. The van der Waals surface area contributed by atoms with Crippen LogP contribution in [0, 0.1) is 26.6 Å². The van der Waals surface area contributed by atoms with Gasteiger partial charge in [0.2, 0.25) is 10.0 Å². The zero-order valence-corrected chi connectivity index (χ0v) is 14.2. The van der Waals surface area contributed by atoms with Gasteiger partial charge >= 0.3 is 0 Å². The van der Waals surface area contributed by atoms with Crippen LogP contribution in [0.15, 0.2) is 41.3 Å². The smallest absolute Gasteiger partial charge is 0.240 e. The molecule has 6 heteroatoms. The van der Waals surface area contributed by atoms with Gasteiger partial charge < -0.3 is 4.74 Å². The van der Waals surface area contributed by atoms with E-state index in [4.69, 9.17) is 4.74 Å². The van der Waals surface area contributed by atoms with Crippen molar-refractivity contribution < 1.29 is 17.5 Å². The molecule has 1 N–H and O–H groups in total. The van der Waals surface area contributed by atoms with E-state index in [2.05, 4.69) is 4.72 Å². The molecule has 0 aliphatic rings. The number of aryl methyl sites for hydroxylation is 3. The first-order chi connectivity index (χ1) is 10.8. The minimum Gasteiger partial charge on any atom is -0.492 e. The Morgan fingerprint density at radius 3 is 2.30 bits per heavy atom. The summed E-state index contributed by atoms with van der Waals surface area (Å²) in [6, 6.07) is 9.52.